The number of carboxylic acids is 2. The Labute approximate surface area is 209 Å². The molecular formula is C30H28O6. The number of hydrogen-bond donors (Lipinski definition) is 2. The zero-order valence-electron chi connectivity index (χ0n) is 19.9. The Morgan fingerprint density at radius 2 is 1.08 bits per heavy atom. The molecule has 0 aromatic heterocycles. The van der Waals surface area contributed by atoms with E-state index in [-0.39, 0.29) is 16.5 Å². The molecule has 4 saturated carbocycles. The van der Waals surface area contributed by atoms with Gasteiger partial charge in [0.05, 0.1) is 11.1 Å². The van der Waals surface area contributed by atoms with Gasteiger partial charge in [-0.25, -0.2) is 9.59 Å². The van der Waals surface area contributed by atoms with Gasteiger partial charge in [0, 0.05) is 0 Å². The van der Waals surface area contributed by atoms with Crippen LogP contribution >= 0.6 is 0 Å². The molecule has 6 heteroatoms. The van der Waals surface area contributed by atoms with Crippen molar-refractivity contribution in [2.75, 3.05) is 0 Å². The first-order valence-corrected chi connectivity index (χ1v) is 12.5. The Hall–Kier alpha value is -3.80. The summed E-state index contributed by atoms with van der Waals surface area (Å²) in [6.45, 7) is 0. The molecule has 0 saturated heterocycles. The van der Waals surface area contributed by atoms with Crippen LogP contribution in [0.1, 0.15) is 64.8 Å². The van der Waals surface area contributed by atoms with Gasteiger partial charge in [-0.2, -0.15) is 0 Å². The molecule has 184 valence electrons. The summed E-state index contributed by atoms with van der Waals surface area (Å²) in [5, 5.41) is 18.4. The summed E-state index contributed by atoms with van der Waals surface area (Å²) in [4.78, 5) is 22.4. The molecule has 3 aromatic rings. The smallest absolute Gasteiger partial charge is 0.335 e. The molecule has 4 fully saturated rings. The van der Waals surface area contributed by atoms with E-state index in [0.717, 1.165) is 17.8 Å². The molecule has 4 aliphatic rings. The van der Waals surface area contributed by atoms with Crippen molar-refractivity contribution in [2.45, 2.75) is 43.9 Å². The molecule has 3 aromatic carbocycles. The Morgan fingerprint density at radius 3 is 1.53 bits per heavy atom. The molecule has 0 spiro atoms. The molecule has 4 aliphatic carbocycles. The van der Waals surface area contributed by atoms with Gasteiger partial charge in [-0.15, -0.1) is 0 Å². The maximum absolute atomic E-state index is 11.2. The third kappa shape index (κ3) is 4.21. The van der Waals surface area contributed by atoms with Crippen molar-refractivity contribution in [3.05, 3.63) is 83.4 Å². The molecule has 0 amide bonds. The summed E-state index contributed by atoms with van der Waals surface area (Å²) in [5.74, 6) is 2.58. The van der Waals surface area contributed by atoms with Gasteiger partial charge >= 0.3 is 11.9 Å². The molecule has 0 aliphatic heterocycles. The maximum Gasteiger partial charge on any atom is 0.335 e. The predicted octanol–water partition coefficient (Wildman–Crippen LogP) is 7.14. The highest BCUT2D eigenvalue weighted by atomic mass is 16.5. The summed E-state index contributed by atoms with van der Waals surface area (Å²) in [7, 11) is 0. The second-order valence-electron chi connectivity index (χ2n) is 10.7. The monoisotopic (exact) mass is 484 g/mol. The molecule has 0 radical (unpaired) electrons. The average Bonchev–Trinajstić information content (AvgIpc) is 2.85. The van der Waals surface area contributed by atoms with E-state index in [4.69, 9.17) is 9.47 Å². The van der Waals surface area contributed by atoms with Gasteiger partial charge in [-0.05, 0) is 128 Å². The second kappa shape index (κ2) is 8.70. The Morgan fingerprint density at radius 1 is 0.639 bits per heavy atom. The lowest BCUT2D eigenvalue weighted by atomic mass is 9.48. The Bertz CT molecular complexity index is 1270. The molecule has 7 rings (SSSR count). The minimum Gasteiger partial charge on any atom is -0.478 e. The summed E-state index contributed by atoms with van der Waals surface area (Å²) >= 11 is 0. The van der Waals surface area contributed by atoms with Crippen LogP contribution in [-0.2, 0) is 5.41 Å². The van der Waals surface area contributed by atoms with E-state index in [1.165, 1.54) is 68.4 Å². The molecular weight excluding hydrogens is 456 g/mol. The van der Waals surface area contributed by atoms with Crippen molar-refractivity contribution in [2.24, 2.45) is 17.8 Å². The van der Waals surface area contributed by atoms with E-state index in [9.17, 15) is 19.8 Å². The lowest BCUT2D eigenvalue weighted by molar-refractivity contribution is -0.00527. The first kappa shape index (κ1) is 22.7. The van der Waals surface area contributed by atoms with Crippen molar-refractivity contribution in [1.29, 1.82) is 0 Å². The van der Waals surface area contributed by atoms with Crippen molar-refractivity contribution in [1.82, 2.24) is 0 Å². The number of carboxylic acid groups (broad SMARTS) is 2. The first-order valence-electron chi connectivity index (χ1n) is 12.5. The van der Waals surface area contributed by atoms with Gasteiger partial charge in [0.2, 0.25) is 0 Å². The summed E-state index contributed by atoms with van der Waals surface area (Å²) in [6, 6.07) is 18.8. The molecule has 4 bridgehead atoms. The largest absolute Gasteiger partial charge is 0.478 e. The fourth-order valence-electron chi connectivity index (χ4n) is 7.05. The molecule has 6 nitrogen and oxygen atoms in total. The minimum absolute atomic E-state index is 0.182. The number of aromatic carboxylic acids is 2. The van der Waals surface area contributed by atoms with Crippen LogP contribution in [0, 0.1) is 17.8 Å². The SMILES string of the molecule is O=C(O)c1ccc(Oc2ccc(C34CC5CC(CC(C5)C3)C4)cc2Oc2ccc(C(=O)O)cc2)cc1. The topological polar surface area (TPSA) is 93.1 Å². The van der Waals surface area contributed by atoms with E-state index < -0.39 is 11.9 Å². The second-order valence-corrected chi connectivity index (χ2v) is 10.7. The summed E-state index contributed by atoms with van der Waals surface area (Å²) in [6.07, 6.45) is 7.78. The highest BCUT2D eigenvalue weighted by Crippen LogP contribution is 2.61. The van der Waals surface area contributed by atoms with Gasteiger partial charge < -0.3 is 19.7 Å². The van der Waals surface area contributed by atoms with E-state index in [0.29, 0.717) is 23.0 Å². The van der Waals surface area contributed by atoms with Gasteiger partial charge in [0.25, 0.3) is 0 Å². The molecule has 2 N–H and O–H groups in total. The van der Waals surface area contributed by atoms with Crippen LogP contribution in [0.25, 0.3) is 0 Å². The van der Waals surface area contributed by atoms with E-state index >= 15 is 0 Å². The highest BCUT2D eigenvalue weighted by molar-refractivity contribution is 5.88. The number of hydrogen-bond acceptors (Lipinski definition) is 4. The Kier molecular flexibility index (Phi) is 5.47. The van der Waals surface area contributed by atoms with Crippen LogP contribution in [0.4, 0.5) is 0 Å². The van der Waals surface area contributed by atoms with Crippen LogP contribution in [0.2, 0.25) is 0 Å². The predicted molar refractivity (Wildman–Crippen MR) is 133 cm³/mol. The van der Waals surface area contributed by atoms with Crippen LogP contribution < -0.4 is 9.47 Å². The highest BCUT2D eigenvalue weighted by Gasteiger charge is 2.51. The lowest BCUT2D eigenvalue weighted by Crippen LogP contribution is -2.48. The summed E-state index contributed by atoms with van der Waals surface area (Å²) < 4.78 is 12.4. The molecule has 36 heavy (non-hydrogen) atoms. The standard InChI is InChI=1S/C30H28O6/c31-28(32)21-1-6-24(7-2-21)35-26-10-5-23(30-15-18-11-19(16-30)13-20(12-18)17-30)14-27(26)36-25-8-3-22(4-9-25)29(33)34/h1-10,14,18-20H,11-13,15-17H2,(H,31,32)(H,33,34). The van der Waals surface area contributed by atoms with Crippen LogP contribution in [0.15, 0.2) is 66.7 Å². The van der Waals surface area contributed by atoms with Crippen molar-refractivity contribution < 1.29 is 29.3 Å². The van der Waals surface area contributed by atoms with Crippen molar-refractivity contribution in [3.63, 3.8) is 0 Å². The maximum atomic E-state index is 11.2. The third-order valence-electron chi connectivity index (χ3n) is 8.25. The third-order valence-corrected chi connectivity index (χ3v) is 8.25. The zero-order valence-corrected chi connectivity index (χ0v) is 19.9. The van der Waals surface area contributed by atoms with Crippen molar-refractivity contribution in [3.8, 4) is 23.0 Å². The fraction of sp³-hybridized carbons (Fsp3) is 0.333. The van der Waals surface area contributed by atoms with Crippen molar-refractivity contribution >= 4 is 11.9 Å². The summed E-state index contributed by atoms with van der Waals surface area (Å²) in [5.41, 5.74) is 1.85. The molecule has 0 atom stereocenters. The number of carbonyl (C=O) groups is 2. The minimum atomic E-state index is -0.990. The van der Waals surface area contributed by atoms with Gasteiger partial charge in [0.1, 0.15) is 11.5 Å². The number of rotatable bonds is 7. The van der Waals surface area contributed by atoms with Gasteiger partial charge in [0.15, 0.2) is 11.5 Å². The zero-order chi connectivity index (χ0) is 24.9. The van der Waals surface area contributed by atoms with Crippen LogP contribution in [0.3, 0.4) is 0 Å². The number of ether oxygens (including phenoxy) is 2. The number of benzene rings is 3. The molecule has 0 unspecified atom stereocenters. The quantitative estimate of drug-likeness (QED) is 0.370. The van der Waals surface area contributed by atoms with E-state index in [2.05, 4.69) is 12.1 Å². The van der Waals surface area contributed by atoms with E-state index in [1.807, 2.05) is 6.07 Å². The fourth-order valence-corrected chi connectivity index (χ4v) is 7.05. The normalized spacial score (nSPS) is 25.9. The van der Waals surface area contributed by atoms with Crippen LogP contribution in [-0.4, -0.2) is 22.2 Å². The lowest BCUT2D eigenvalue weighted by Gasteiger charge is -2.57. The Balaban J connectivity index is 1.34. The van der Waals surface area contributed by atoms with Gasteiger partial charge in [-0.3, -0.25) is 0 Å². The van der Waals surface area contributed by atoms with Crippen LogP contribution in [0.5, 0.6) is 23.0 Å². The van der Waals surface area contributed by atoms with Gasteiger partial charge in [-0.1, -0.05) is 6.07 Å². The average molecular weight is 485 g/mol. The van der Waals surface area contributed by atoms with E-state index in [1.54, 1.807) is 24.3 Å². The first-order chi connectivity index (χ1) is 17.4. The molecule has 0 heterocycles.